The second-order valence-corrected chi connectivity index (χ2v) is 3.57. The summed E-state index contributed by atoms with van der Waals surface area (Å²) in [5.74, 6) is -0.272. The molecular weight excluding hydrogens is 182 g/mol. The van der Waals surface area contributed by atoms with Gasteiger partial charge in [-0.1, -0.05) is 13.8 Å². The summed E-state index contributed by atoms with van der Waals surface area (Å²) in [6.07, 6.45) is 0. The molecule has 0 aliphatic carbocycles. The van der Waals surface area contributed by atoms with Gasteiger partial charge in [-0.25, -0.2) is 0 Å². The predicted octanol–water partition coefficient (Wildman–Crippen LogP) is 2.93. The molecule has 0 heterocycles. The van der Waals surface area contributed by atoms with E-state index in [1.807, 2.05) is 13.8 Å². The smallest absolute Gasteiger partial charge is 0.153 e. The Hall–Kier alpha value is -1.58. The highest BCUT2D eigenvalue weighted by atomic mass is 16.3. The molecule has 0 radical (unpaired) electrons. The molecule has 0 amide bonds. The minimum Gasteiger partial charge on any atom is -0.508 e. The number of nitrogens with zero attached hydrogens (tertiary/aromatic N) is 1. The Morgan fingerprint density at radius 2 is 1.93 bits per heavy atom. The van der Waals surface area contributed by atoms with Crippen LogP contribution in [0.1, 0.15) is 30.9 Å². The summed E-state index contributed by atoms with van der Waals surface area (Å²) in [5.41, 5.74) is 0.844. The normalized spacial score (nSPS) is 10.6. The molecule has 4 heteroatoms. The van der Waals surface area contributed by atoms with Gasteiger partial charge >= 0.3 is 0 Å². The van der Waals surface area contributed by atoms with Crippen LogP contribution in [-0.2, 0) is 0 Å². The summed E-state index contributed by atoms with van der Waals surface area (Å²) in [7, 11) is 0. The second-order valence-electron chi connectivity index (χ2n) is 3.57. The molecule has 0 fully saturated rings. The van der Waals surface area contributed by atoms with Gasteiger partial charge in [0.25, 0.3) is 0 Å². The van der Waals surface area contributed by atoms with Gasteiger partial charge in [-0.05, 0) is 29.6 Å². The molecule has 1 aromatic rings. The summed E-state index contributed by atoms with van der Waals surface area (Å²) in [5, 5.41) is 22.0. The SMILES string of the molecule is Cc1cc(O)c(C(C)C)c(O)c1N=O. The molecule has 76 valence electrons. The van der Waals surface area contributed by atoms with E-state index in [1.54, 1.807) is 6.92 Å². The Morgan fingerprint density at radius 3 is 2.36 bits per heavy atom. The van der Waals surface area contributed by atoms with Crippen molar-refractivity contribution in [3.05, 3.63) is 22.1 Å². The van der Waals surface area contributed by atoms with E-state index in [4.69, 9.17) is 0 Å². The van der Waals surface area contributed by atoms with E-state index in [0.717, 1.165) is 0 Å². The maximum Gasteiger partial charge on any atom is 0.153 e. The van der Waals surface area contributed by atoms with Crippen molar-refractivity contribution in [1.82, 2.24) is 0 Å². The Kier molecular flexibility index (Phi) is 2.74. The van der Waals surface area contributed by atoms with Crippen molar-refractivity contribution in [3.63, 3.8) is 0 Å². The topological polar surface area (TPSA) is 69.9 Å². The first-order valence-corrected chi connectivity index (χ1v) is 4.37. The first-order chi connectivity index (χ1) is 6.49. The lowest BCUT2D eigenvalue weighted by Gasteiger charge is -2.12. The van der Waals surface area contributed by atoms with Crippen LogP contribution in [0.2, 0.25) is 0 Å². The molecule has 0 saturated heterocycles. The fraction of sp³-hybridized carbons (Fsp3) is 0.400. The summed E-state index contributed by atoms with van der Waals surface area (Å²) < 4.78 is 0. The zero-order valence-electron chi connectivity index (χ0n) is 8.40. The van der Waals surface area contributed by atoms with Crippen LogP contribution in [0.5, 0.6) is 11.5 Å². The fourth-order valence-corrected chi connectivity index (χ4v) is 1.47. The molecule has 0 atom stereocenters. The molecule has 1 aromatic carbocycles. The van der Waals surface area contributed by atoms with Gasteiger partial charge in [-0.3, -0.25) is 0 Å². The first-order valence-electron chi connectivity index (χ1n) is 4.37. The van der Waals surface area contributed by atoms with Crippen molar-refractivity contribution in [3.8, 4) is 11.5 Å². The highest BCUT2D eigenvalue weighted by Gasteiger charge is 2.18. The maximum absolute atomic E-state index is 10.4. The Morgan fingerprint density at radius 1 is 1.36 bits per heavy atom. The van der Waals surface area contributed by atoms with Crippen LogP contribution in [0.3, 0.4) is 0 Å². The molecule has 0 saturated carbocycles. The third-order valence-corrected chi connectivity index (χ3v) is 2.15. The van der Waals surface area contributed by atoms with Gasteiger partial charge in [0.15, 0.2) is 11.4 Å². The summed E-state index contributed by atoms with van der Waals surface area (Å²) in [6.45, 7) is 5.25. The number of benzene rings is 1. The Balaban J connectivity index is 3.51. The van der Waals surface area contributed by atoms with Crippen LogP contribution in [0.15, 0.2) is 11.2 Å². The molecule has 14 heavy (non-hydrogen) atoms. The van der Waals surface area contributed by atoms with E-state index in [2.05, 4.69) is 5.18 Å². The van der Waals surface area contributed by atoms with E-state index in [-0.39, 0.29) is 23.1 Å². The van der Waals surface area contributed by atoms with Gasteiger partial charge in [0.05, 0.1) is 0 Å². The zero-order chi connectivity index (χ0) is 10.9. The number of aromatic hydroxyl groups is 2. The highest BCUT2D eigenvalue weighted by Crippen LogP contribution is 2.42. The lowest BCUT2D eigenvalue weighted by molar-refractivity contribution is 0.433. The summed E-state index contributed by atoms with van der Waals surface area (Å²) in [6, 6.07) is 1.44. The van der Waals surface area contributed by atoms with E-state index in [0.29, 0.717) is 11.1 Å². The van der Waals surface area contributed by atoms with E-state index in [1.165, 1.54) is 6.07 Å². The molecule has 0 unspecified atom stereocenters. The zero-order valence-corrected chi connectivity index (χ0v) is 8.40. The molecule has 0 spiro atoms. The lowest BCUT2D eigenvalue weighted by atomic mass is 9.98. The van der Waals surface area contributed by atoms with Crippen LogP contribution in [-0.4, -0.2) is 10.2 Å². The number of hydrogen-bond donors (Lipinski definition) is 2. The lowest BCUT2D eigenvalue weighted by Crippen LogP contribution is -1.91. The number of phenols is 2. The van der Waals surface area contributed by atoms with Crippen molar-refractivity contribution in [2.45, 2.75) is 26.7 Å². The minimum atomic E-state index is -0.215. The number of phenolic OH excluding ortho intramolecular Hbond substituents is 2. The molecule has 0 bridgehead atoms. The number of aryl methyl sites for hydroxylation is 1. The molecule has 1 rings (SSSR count). The van der Waals surface area contributed by atoms with Gasteiger partial charge < -0.3 is 10.2 Å². The number of nitroso groups, excluding NO2 is 1. The summed E-state index contributed by atoms with van der Waals surface area (Å²) in [4.78, 5) is 10.4. The molecule has 0 aliphatic heterocycles. The van der Waals surface area contributed by atoms with Gasteiger partial charge in [0.1, 0.15) is 5.75 Å². The van der Waals surface area contributed by atoms with Crippen molar-refractivity contribution < 1.29 is 10.2 Å². The van der Waals surface area contributed by atoms with Crippen LogP contribution >= 0.6 is 0 Å². The average Bonchev–Trinajstić information content (AvgIpc) is 2.02. The maximum atomic E-state index is 10.4. The van der Waals surface area contributed by atoms with Crippen LogP contribution in [0.25, 0.3) is 0 Å². The molecule has 2 N–H and O–H groups in total. The molecular formula is C10H13NO3. The fourth-order valence-electron chi connectivity index (χ4n) is 1.47. The third-order valence-electron chi connectivity index (χ3n) is 2.15. The van der Waals surface area contributed by atoms with E-state index >= 15 is 0 Å². The van der Waals surface area contributed by atoms with Gasteiger partial charge in [-0.2, -0.15) is 0 Å². The van der Waals surface area contributed by atoms with Crippen molar-refractivity contribution in [2.24, 2.45) is 5.18 Å². The van der Waals surface area contributed by atoms with Gasteiger partial charge in [-0.15, -0.1) is 4.91 Å². The van der Waals surface area contributed by atoms with E-state index in [9.17, 15) is 15.1 Å². The third kappa shape index (κ3) is 1.55. The van der Waals surface area contributed by atoms with Crippen molar-refractivity contribution in [2.75, 3.05) is 0 Å². The molecule has 4 nitrogen and oxygen atoms in total. The molecule has 0 aromatic heterocycles. The highest BCUT2D eigenvalue weighted by molar-refractivity contribution is 5.65. The largest absolute Gasteiger partial charge is 0.508 e. The van der Waals surface area contributed by atoms with Crippen molar-refractivity contribution >= 4 is 5.69 Å². The number of hydrogen-bond acceptors (Lipinski definition) is 4. The summed E-state index contributed by atoms with van der Waals surface area (Å²) >= 11 is 0. The van der Waals surface area contributed by atoms with Crippen LogP contribution in [0, 0.1) is 11.8 Å². The van der Waals surface area contributed by atoms with E-state index < -0.39 is 0 Å². The molecule has 0 aliphatic rings. The monoisotopic (exact) mass is 195 g/mol. The number of rotatable bonds is 2. The quantitative estimate of drug-likeness (QED) is 0.713. The minimum absolute atomic E-state index is 0.00222. The Labute approximate surface area is 82.2 Å². The predicted molar refractivity (Wildman–Crippen MR) is 54.1 cm³/mol. The van der Waals surface area contributed by atoms with Gasteiger partial charge in [0, 0.05) is 5.56 Å². The standard InChI is InChI=1S/C10H13NO3/c1-5(2)8-7(12)4-6(3)9(11-14)10(8)13/h4-5,12-13H,1-3H3. The first kappa shape index (κ1) is 10.5. The van der Waals surface area contributed by atoms with Crippen LogP contribution in [0.4, 0.5) is 5.69 Å². The van der Waals surface area contributed by atoms with Crippen molar-refractivity contribution in [1.29, 1.82) is 0 Å². The second kappa shape index (κ2) is 3.65. The van der Waals surface area contributed by atoms with Crippen LogP contribution < -0.4 is 0 Å². The van der Waals surface area contributed by atoms with Gasteiger partial charge in [0.2, 0.25) is 0 Å². The Bertz CT molecular complexity index is 372. The average molecular weight is 195 g/mol.